The summed E-state index contributed by atoms with van der Waals surface area (Å²) in [4.78, 5) is 0. The first-order valence-corrected chi connectivity index (χ1v) is 8.36. The van der Waals surface area contributed by atoms with Crippen LogP contribution in [0, 0.1) is 0 Å². The molecule has 0 bridgehead atoms. The molecule has 6 heteroatoms. The minimum absolute atomic E-state index is 0.110. The van der Waals surface area contributed by atoms with Crippen molar-refractivity contribution in [2.24, 2.45) is 0 Å². The summed E-state index contributed by atoms with van der Waals surface area (Å²) in [6.07, 6.45) is 0.332. The van der Waals surface area contributed by atoms with Crippen LogP contribution >= 0.6 is 27.5 Å². The molecular formula is C11H12BrClO3S. The Morgan fingerprint density at radius 3 is 2.82 bits per heavy atom. The quantitative estimate of drug-likeness (QED) is 0.795. The van der Waals surface area contributed by atoms with Gasteiger partial charge >= 0.3 is 0 Å². The second kappa shape index (κ2) is 5.16. The Hall–Kier alpha value is -0.260. The third kappa shape index (κ3) is 3.36. The van der Waals surface area contributed by atoms with Crippen LogP contribution in [-0.4, -0.2) is 26.0 Å². The fourth-order valence-electron chi connectivity index (χ4n) is 1.77. The van der Waals surface area contributed by atoms with Gasteiger partial charge in [-0.25, -0.2) is 8.42 Å². The van der Waals surface area contributed by atoms with Crippen LogP contribution in [0.2, 0.25) is 0 Å². The van der Waals surface area contributed by atoms with Gasteiger partial charge in [0, 0.05) is 10.4 Å². The number of rotatable bonds is 3. The van der Waals surface area contributed by atoms with Gasteiger partial charge in [0.2, 0.25) is 0 Å². The number of hydrogen-bond acceptors (Lipinski definition) is 3. The van der Waals surface area contributed by atoms with Gasteiger partial charge in [0.15, 0.2) is 9.84 Å². The molecule has 0 spiro atoms. The third-order valence-corrected chi connectivity index (χ3v) is 5.45. The highest BCUT2D eigenvalue weighted by Crippen LogP contribution is 2.26. The monoisotopic (exact) mass is 338 g/mol. The standard InChI is InChI=1S/C11H12BrClO3S/c12-11-2-1-9(5-8(11)6-13)16-10-3-4-17(14,15)7-10/h1-2,5,10H,3-4,6-7H2. The second-order valence-electron chi connectivity index (χ2n) is 4.03. The molecule has 0 N–H and O–H groups in total. The number of hydrogen-bond donors (Lipinski definition) is 0. The van der Waals surface area contributed by atoms with Crippen LogP contribution in [0.3, 0.4) is 0 Å². The molecule has 1 aliphatic heterocycles. The van der Waals surface area contributed by atoms with E-state index in [1.54, 1.807) is 0 Å². The average Bonchev–Trinajstić information content (AvgIpc) is 2.61. The number of benzene rings is 1. The molecule has 17 heavy (non-hydrogen) atoms. The van der Waals surface area contributed by atoms with Crippen molar-refractivity contribution in [2.75, 3.05) is 11.5 Å². The highest BCUT2D eigenvalue weighted by Gasteiger charge is 2.29. The summed E-state index contributed by atoms with van der Waals surface area (Å²) in [5.41, 5.74) is 0.935. The van der Waals surface area contributed by atoms with E-state index in [0.29, 0.717) is 18.1 Å². The number of halogens is 2. The first-order chi connectivity index (χ1) is 8.00. The summed E-state index contributed by atoms with van der Waals surface area (Å²) >= 11 is 9.17. The van der Waals surface area contributed by atoms with Crippen LogP contribution in [0.5, 0.6) is 5.75 Å². The van der Waals surface area contributed by atoms with Gasteiger partial charge in [0.05, 0.1) is 11.5 Å². The predicted octanol–water partition coefficient (Wildman–Crippen LogP) is 2.75. The Bertz CT molecular complexity index is 515. The zero-order valence-corrected chi connectivity index (χ0v) is 12.2. The Labute approximate surface area is 114 Å². The van der Waals surface area contributed by atoms with Gasteiger partial charge in [-0.1, -0.05) is 15.9 Å². The average molecular weight is 340 g/mol. The van der Waals surface area contributed by atoms with Gasteiger partial charge in [0.1, 0.15) is 11.9 Å². The van der Waals surface area contributed by atoms with Crippen LogP contribution in [0.25, 0.3) is 0 Å². The smallest absolute Gasteiger partial charge is 0.154 e. The molecular weight excluding hydrogens is 328 g/mol. The van der Waals surface area contributed by atoms with Gasteiger partial charge in [0.25, 0.3) is 0 Å². The lowest BCUT2D eigenvalue weighted by Crippen LogP contribution is -2.17. The van der Waals surface area contributed by atoms with Crippen molar-refractivity contribution < 1.29 is 13.2 Å². The Balaban J connectivity index is 2.09. The molecule has 1 aromatic carbocycles. The van der Waals surface area contributed by atoms with E-state index in [1.165, 1.54) is 0 Å². The zero-order valence-electron chi connectivity index (χ0n) is 9.03. The molecule has 0 amide bonds. The predicted molar refractivity (Wildman–Crippen MR) is 71.4 cm³/mol. The number of ether oxygens (including phenoxy) is 1. The Morgan fingerprint density at radius 1 is 1.47 bits per heavy atom. The molecule has 3 nitrogen and oxygen atoms in total. The van der Waals surface area contributed by atoms with Crippen molar-refractivity contribution in [3.8, 4) is 5.75 Å². The summed E-state index contributed by atoms with van der Waals surface area (Å²) in [5.74, 6) is 1.39. The van der Waals surface area contributed by atoms with Crippen LogP contribution in [0.1, 0.15) is 12.0 Å². The molecule has 94 valence electrons. The second-order valence-corrected chi connectivity index (χ2v) is 7.38. The normalized spacial score (nSPS) is 22.6. The van der Waals surface area contributed by atoms with E-state index in [-0.39, 0.29) is 17.6 Å². The van der Waals surface area contributed by atoms with Crippen LogP contribution in [0.15, 0.2) is 22.7 Å². The van der Waals surface area contributed by atoms with E-state index in [4.69, 9.17) is 16.3 Å². The minimum Gasteiger partial charge on any atom is -0.489 e. The van der Waals surface area contributed by atoms with E-state index in [9.17, 15) is 8.42 Å². The van der Waals surface area contributed by atoms with Crippen molar-refractivity contribution in [1.82, 2.24) is 0 Å². The van der Waals surface area contributed by atoms with Gasteiger partial charge < -0.3 is 4.74 Å². The molecule has 1 saturated heterocycles. The fraction of sp³-hybridized carbons (Fsp3) is 0.455. The van der Waals surface area contributed by atoms with Crippen molar-refractivity contribution in [3.63, 3.8) is 0 Å². The molecule has 1 unspecified atom stereocenters. The summed E-state index contributed by atoms with van der Waals surface area (Å²) in [6, 6.07) is 5.50. The molecule has 1 aliphatic rings. The summed E-state index contributed by atoms with van der Waals surface area (Å²) < 4.78 is 29.2. The summed E-state index contributed by atoms with van der Waals surface area (Å²) in [5, 5.41) is 0. The lowest BCUT2D eigenvalue weighted by molar-refractivity contribution is 0.228. The maximum Gasteiger partial charge on any atom is 0.154 e. The minimum atomic E-state index is -2.90. The lowest BCUT2D eigenvalue weighted by atomic mass is 10.2. The van der Waals surface area contributed by atoms with E-state index in [2.05, 4.69) is 15.9 Å². The topological polar surface area (TPSA) is 43.4 Å². The molecule has 1 atom stereocenters. The lowest BCUT2D eigenvalue weighted by Gasteiger charge is -2.13. The number of alkyl halides is 1. The fourth-order valence-corrected chi connectivity index (χ4v) is 4.13. The Kier molecular flexibility index (Phi) is 4.00. The van der Waals surface area contributed by atoms with Crippen molar-refractivity contribution in [3.05, 3.63) is 28.2 Å². The van der Waals surface area contributed by atoms with Gasteiger partial charge in [-0.15, -0.1) is 11.6 Å². The van der Waals surface area contributed by atoms with Crippen molar-refractivity contribution >= 4 is 37.4 Å². The van der Waals surface area contributed by atoms with Gasteiger partial charge in [-0.2, -0.15) is 0 Å². The maximum absolute atomic E-state index is 11.3. The zero-order chi connectivity index (χ0) is 12.5. The van der Waals surface area contributed by atoms with Crippen LogP contribution < -0.4 is 4.74 Å². The molecule has 0 aliphatic carbocycles. The van der Waals surface area contributed by atoms with Crippen LogP contribution in [0.4, 0.5) is 0 Å². The first kappa shape index (κ1) is 13.2. The van der Waals surface area contributed by atoms with Gasteiger partial charge in [-0.3, -0.25) is 0 Å². The molecule has 0 saturated carbocycles. The van der Waals surface area contributed by atoms with Crippen LogP contribution in [-0.2, 0) is 15.7 Å². The molecule has 1 heterocycles. The first-order valence-electron chi connectivity index (χ1n) is 5.21. The molecule has 0 aromatic heterocycles. The molecule has 0 radical (unpaired) electrons. The molecule has 1 fully saturated rings. The number of sulfone groups is 1. The molecule has 2 rings (SSSR count). The van der Waals surface area contributed by atoms with Gasteiger partial charge in [-0.05, 0) is 30.2 Å². The van der Waals surface area contributed by atoms with E-state index in [1.807, 2.05) is 18.2 Å². The highest BCUT2D eigenvalue weighted by molar-refractivity contribution is 9.10. The third-order valence-electron chi connectivity index (χ3n) is 2.65. The summed E-state index contributed by atoms with van der Waals surface area (Å²) in [6.45, 7) is 0. The van der Waals surface area contributed by atoms with Crippen molar-refractivity contribution in [1.29, 1.82) is 0 Å². The SMILES string of the molecule is O=S1(=O)CCC(Oc2ccc(Br)c(CCl)c2)C1. The van der Waals surface area contributed by atoms with E-state index in [0.717, 1.165) is 10.0 Å². The largest absolute Gasteiger partial charge is 0.489 e. The maximum atomic E-state index is 11.3. The molecule has 1 aromatic rings. The summed E-state index contributed by atoms with van der Waals surface area (Å²) in [7, 11) is -2.90. The van der Waals surface area contributed by atoms with E-state index < -0.39 is 9.84 Å². The Morgan fingerprint density at radius 2 is 2.24 bits per heavy atom. The van der Waals surface area contributed by atoms with Crippen molar-refractivity contribution in [2.45, 2.75) is 18.4 Å². The highest BCUT2D eigenvalue weighted by atomic mass is 79.9. The van der Waals surface area contributed by atoms with E-state index >= 15 is 0 Å².